The van der Waals surface area contributed by atoms with Gasteiger partial charge in [0.05, 0.1) is 11.5 Å². The van der Waals surface area contributed by atoms with Gasteiger partial charge in [-0.2, -0.15) is 0 Å². The second-order valence-corrected chi connectivity index (χ2v) is 10.3. The fourth-order valence-corrected chi connectivity index (χ4v) is 4.27. The van der Waals surface area contributed by atoms with Crippen LogP contribution in [0.3, 0.4) is 0 Å². The Hall–Kier alpha value is -2.97. The molecule has 0 saturated heterocycles. The molecule has 0 bridgehead atoms. The zero-order valence-corrected chi connectivity index (χ0v) is 23.0. The minimum Gasteiger partial charge on any atom is -0.387 e. The highest BCUT2D eigenvalue weighted by molar-refractivity contribution is 5.99. The monoisotopic (exact) mass is 511 g/mol. The number of nitrogens with zero attached hydrogens (tertiary/aromatic N) is 5. The molecule has 1 aliphatic rings. The number of aryl methyl sites for hydroxylation is 1. The van der Waals surface area contributed by atoms with Crippen molar-refractivity contribution < 1.29 is 0 Å². The van der Waals surface area contributed by atoms with Crippen LogP contribution in [0, 0.1) is 5.41 Å². The fourth-order valence-electron chi connectivity index (χ4n) is 4.27. The van der Waals surface area contributed by atoms with E-state index in [1.807, 2.05) is 10.9 Å². The van der Waals surface area contributed by atoms with E-state index < -0.39 is 6.04 Å². The van der Waals surface area contributed by atoms with E-state index in [-0.39, 0.29) is 5.84 Å². The maximum absolute atomic E-state index is 8.01. The van der Waals surface area contributed by atoms with E-state index in [2.05, 4.69) is 52.4 Å². The molecule has 1 atom stereocenters. The summed E-state index contributed by atoms with van der Waals surface area (Å²) in [5, 5.41) is 16.3. The molecule has 1 aromatic rings. The average Bonchev–Trinajstić information content (AvgIpc) is 3.35. The predicted octanol–water partition coefficient (Wildman–Crippen LogP) is 4.99. The van der Waals surface area contributed by atoms with Gasteiger partial charge in [0.25, 0.3) is 0 Å². The molecule has 1 aromatic heterocycles. The number of aliphatic imine (C=N–C) groups is 2. The molecule has 37 heavy (non-hydrogen) atoms. The molecule has 0 spiro atoms. The summed E-state index contributed by atoms with van der Waals surface area (Å²) >= 11 is 0. The normalized spacial score (nSPS) is 19.8. The highest BCUT2D eigenvalue weighted by Gasteiger charge is 2.13. The molecule has 2 rings (SSSR count). The van der Waals surface area contributed by atoms with Crippen LogP contribution in [0.5, 0.6) is 0 Å². The topological polar surface area (TPSA) is 157 Å². The molecule has 1 heterocycles. The third kappa shape index (κ3) is 12.7. The van der Waals surface area contributed by atoms with Gasteiger partial charge in [0.2, 0.25) is 0 Å². The van der Waals surface area contributed by atoms with Gasteiger partial charge in [-0.05, 0) is 64.4 Å². The van der Waals surface area contributed by atoms with Gasteiger partial charge in [0.1, 0.15) is 17.7 Å². The summed E-state index contributed by atoms with van der Waals surface area (Å²) in [5.74, 6) is 1.19. The maximum Gasteiger partial charge on any atom is 0.122 e. The van der Waals surface area contributed by atoms with Crippen molar-refractivity contribution in [3.63, 3.8) is 0 Å². The summed E-state index contributed by atoms with van der Waals surface area (Å²) in [6.07, 6.45) is 23.0. The predicted molar refractivity (Wildman–Crippen MR) is 155 cm³/mol. The van der Waals surface area contributed by atoms with Gasteiger partial charge in [0.15, 0.2) is 0 Å². The Morgan fingerprint density at radius 2 is 1.78 bits per heavy atom. The number of amidine groups is 3. The van der Waals surface area contributed by atoms with Crippen molar-refractivity contribution in [1.82, 2.24) is 15.0 Å². The lowest BCUT2D eigenvalue weighted by Gasteiger charge is -2.14. The second kappa shape index (κ2) is 17.5. The molecule has 0 saturated carbocycles. The summed E-state index contributed by atoms with van der Waals surface area (Å²) in [6.45, 7) is 4.79. The van der Waals surface area contributed by atoms with Crippen LogP contribution in [-0.4, -0.2) is 45.1 Å². The molecule has 0 unspecified atom stereocenters. The van der Waals surface area contributed by atoms with Crippen LogP contribution >= 0.6 is 0 Å². The molecule has 7 N–H and O–H groups in total. The Kier molecular flexibility index (Phi) is 14.3. The first-order valence-electron chi connectivity index (χ1n) is 14.1. The lowest BCUT2D eigenvalue weighted by Crippen LogP contribution is -2.29. The second-order valence-electron chi connectivity index (χ2n) is 10.3. The van der Waals surface area contributed by atoms with E-state index in [0.717, 1.165) is 49.8 Å². The van der Waals surface area contributed by atoms with Crippen molar-refractivity contribution in [1.29, 1.82) is 5.41 Å². The largest absolute Gasteiger partial charge is 0.387 e. The zero-order valence-electron chi connectivity index (χ0n) is 23.0. The van der Waals surface area contributed by atoms with Crippen molar-refractivity contribution in [2.75, 3.05) is 6.54 Å². The quantitative estimate of drug-likeness (QED) is 0.177. The van der Waals surface area contributed by atoms with Gasteiger partial charge >= 0.3 is 0 Å². The number of rotatable bonds is 12. The van der Waals surface area contributed by atoms with Gasteiger partial charge in [-0.3, -0.25) is 15.4 Å². The lowest BCUT2D eigenvalue weighted by atomic mass is 10.0. The van der Waals surface area contributed by atoms with Gasteiger partial charge in [-0.1, -0.05) is 55.5 Å². The number of nitrogens with one attached hydrogen (secondary N) is 1. The van der Waals surface area contributed by atoms with Crippen LogP contribution < -0.4 is 17.2 Å². The van der Waals surface area contributed by atoms with Crippen LogP contribution in [0.15, 0.2) is 40.0 Å². The Balaban J connectivity index is 1.82. The van der Waals surface area contributed by atoms with Crippen LogP contribution in [0.25, 0.3) is 0 Å². The standard InChI is InChI=1S/C28H49N9/c1-22(2)37-21-24(35-36-37)18-19-26(29)33-20-14-13-17-25(27(30)31)34-28(32)23-15-11-9-7-5-3-4-6-8-10-12-16-23/h9,11,15,21-22,25H,3-8,10,12-14,16-20H2,1-2H3,(H2,29,33)(H3,30,31)(H2,32,34)/b11-9-,23-15+/t25-/m0/s1. The summed E-state index contributed by atoms with van der Waals surface area (Å²) in [5.41, 5.74) is 20.4. The van der Waals surface area contributed by atoms with E-state index in [4.69, 9.17) is 22.6 Å². The minimum absolute atomic E-state index is 0.0567. The summed E-state index contributed by atoms with van der Waals surface area (Å²) in [7, 11) is 0. The van der Waals surface area contributed by atoms with Crippen LogP contribution in [0.4, 0.5) is 0 Å². The number of allylic oxidation sites excluding steroid dienone is 3. The molecule has 1 aliphatic carbocycles. The summed E-state index contributed by atoms with van der Waals surface area (Å²) < 4.78 is 1.85. The number of unbranched alkanes of at least 4 members (excludes halogenated alkanes) is 1. The number of aromatic nitrogens is 3. The molecule has 9 nitrogen and oxygen atoms in total. The zero-order chi connectivity index (χ0) is 26.9. The van der Waals surface area contributed by atoms with Crippen molar-refractivity contribution in [3.05, 3.63) is 35.7 Å². The van der Waals surface area contributed by atoms with E-state index >= 15 is 0 Å². The van der Waals surface area contributed by atoms with E-state index in [1.54, 1.807) is 0 Å². The van der Waals surface area contributed by atoms with E-state index in [9.17, 15) is 0 Å². The number of hydrogen-bond acceptors (Lipinski definition) is 5. The van der Waals surface area contributed by atoms with Gasteiger partial charge in [0, 0.05) is 31.6 Å². The molecule has 0 amide bonds. The molecule has 0 aromatic carbocycles. The third-order valence-corrected chi connectivity index (χ3v) is 6.66. The molecule has 206 valence electrons. The Bertz CT molecular complexity index is 924. The average molecular weight is 512 g/mol. The van der Waals surface area contributed by atoms with Crippen molar-refractivity contribution in [2.45, 2.75) is 116 Å². The molecular formula is C28H49N9. The highest BCUT2D eigenvalue weighted by Crippen LogP contribution is 2.16. The first kappa shape index (κ1) is 30.3. The smallest absolute Gasteiger partial charge is 0.122 e. The van der Waals surface area contributed by atoms with Gasteiger partial charge in [-0.25, -0.2) is 4.68 Å². The molecule has 0 radical (unpaired) electrons. The third-order valence-electron chi connectivity index (χ3n) is 6.66. The van der Waals surface area contributed by atoms with Crippen molar-refractivity contribution in [3.8, 4) is 0 Å². The number of hydrogen-bond donors (Lipinski definition) is 4. The Labute approximate surface area is 223 Å². The fraction of sp³-hybridized carbons (Fsp3) is 0.679. The molecule has 9 heteroatoms. The Morgan fingerprint density at radius 3 is 2.49 bits per heavy atom. The highest BCUT2D eigenvalue weighted by atomic mass is 15.4. The first-order valence-corrected chi connectivity index (χ1v) is 14.1. The van der Waals surface area contributed by atoms with Crippen molar-refractivity contribution in [2.24, 2.45) is 27.2 Å². The Morgan fingerprint density at radius 1 is 1.05 bits per heavy atom. The molecule has 0 fully saturated rings. The van der Waals surface area contributed by atoms with Gasteiger partial charge in [-0.15, -0.1) is 5.10 Å². The molecule has 0 aliphatic heterocycles. The van der Waals surface area contributed by atoms with E-state index in [1.165, 1.54) is 38.5 Å². The first-order chi connectivity index (χ1) is 17.9. The lowest BCUT2D eigenvalue weighted by molar-refractivity contribution is 0.514. The summed E-state index contributed by atoms with van der Waals surface area (Å²) in [6, 6.07) is -0.108. The van der Waals surface area contributed by atoms with Gasteiger partial charge < -0.3 is 17.2 Å². The summed E-state index contributed by atoms with van der Waals surface area (Å²) in [4.78, 5) is 9.16. The maximum atomic E-state index is 8.01. The molecular weight excluding hydrogens is 462 g/mol. The van der Waals surface area contributed by atoms with Crippen LogP contribution in [0.1, 0.15) is 109 Å². The minimum atomic E-state index is -0.403. The van der Waals surface area contributed by atoms with Crippen LogP contribution in [-0.2, 0) is 6.42 Å². The van der Waals surface area contributed by atoms with E-state index in [0.29, 0.717) is 37.1 Å². The van der Waals surface area contributed by atoms with Crippen molar-refractivity contribution >= 4 is 17.5 Å². The number of nitrogens with two attached hydrogens (primary N) is 3. The SMILES string of the molecule is CC(C)n1cc(CCC(N)=NCCCC[C@H](N=C(N)/C2=C/C=C\CCCCCCCCC2)C(=N)N)nn1. The van der Waals surface area contributed by atoms with Crippen LogP contribution in [0.2, 0.25) is 0 Å².